The van der Waals surface area contributed by atoms with Crippen LogP contribution in [0.2, 0.25) is 0 Å². The maximum Gasteiger partial charge on any atom is 0.0734 e. The first-order valence-corrected chi connectivity index (χ1v) is 5.52. The molecule has 16 heavy (non-hydrogen) atoms. The molecule has 0 aliphatic heterocycles. The molecule has 0 aliphatic rings. The summed E-state index contributed by atoms with van der Waals surface area (Å²) in [7, 11) is 0. The average molecular weight is 212 g/mol. The van der Waals surface area contributed by atoms with E-state index < -0.39 is 0 Å². The van der Waals surface area contributed by atoms with Gasteiger partial charge in [-0.25, -0.2) is 0 Å². The third-order valence-corrected chi connectivity index (χ3v) is 2.63. The van der Waals surface area contributed by atoms with Crippen LogP contribution < -0.4 is 5.73 Å². The molecule has 2 N–H and O–H groups in total. The van der Waals surface area contributed by atoms with E-state index in [-0.39, 0.29) is 0 Å². The van der Waals surface area contributed by atoms with E-state index in [0.29, 0.717) is 6.54 Å². The fourth-order valence-corrected chi connectivity index (χ4v) is 1.77. The lowest BCUT2D eigenvalue weighted by molar-refractivity contribution is 0.961. The smallest absolute Gasteiger partial charge is 0.0734 e. The molecule has 2 rings (SSSR count). The molecule has 0 unspecified atom stereocenters. The van der Waals surface area contributed by atoms with Crippen LogP contribution in [0.5, 0.6) is 0 Å². The van der Waals surface area contributed by atoms with E-state index in [9.17, 15) is 0 Å². The molecule has 1 aromatic heterocycles. The second kappa shape index (κ2) is 4.90. The standard InChI is InChI=1S/C14H16N2/c1-11-4-6-13(7-5-11)14-12(8-9-15)3-2-10-16-14/h2-7,10H,8-9,15H2,1H3. The zero-order valence-corrected chi connectivity index (χ0v) is 9.48. The van der Waals surface area contributed by atoms with E-state index in [0.717, 1.165) is 17.7 Å². The Kier molecular flexibility index (Phi) is 3.32. The Hall–Kier alpha value is -1.67. The largest absolute Gasteiger partial charge is 0.330 e. The predicted octanol–water partition coefficient (Wildman–Crippen LogP) is 2.56. The van der Waals surface area contributed by atoms with E-state index in [2.05, 4.69) is 42.2 Å². The molecule has 0 radical (unpaired) electrons. The predicted molar refractivity (Wildman–Crippen MR) is 67.2 cm³/mol. The van der Waals surface area contributed by atoms with Gasteiger partial charge in [0, 0.05) is 11.8 Å². The van der Waals surface area contributed by atoms with Crippen molar-refractivity contribution in [3.8, 4) is 11.3 Å². The molecule has 2 nitrogen and oxygen atoms in total. The van der Waals surface area contributed by atoms with Gasteiger partial charge in [-0.2, -0.15) is 0 Å². The third-order valence-electron chi connectivity index (χ3n) is 2.63. The molecule has 1 aromatic carbocycles. The van der Waals surface area contributed by atoms with Crippen molar-refractivity contribution in [1.29, 1.82) is 0 Å². The number of aryl methyl sites for hydroxylation is 1. The number of nitrogens with two attached hydrogens (primary N) is 1. The third kappa shape index (κ3) is 2.28. The summed E-state index contributed by atoms with van der Waals surface area (Å²) >= 11 is 0. The Morgan fingerprint density at radius 1 is 1.12 bits per heavy atom. The van der Waals surface area contributed by atoms with Crippen molar-refractivity contribution in [2.45, 2.75) is 13.3 Å². The van der Waals surface area contributed by atoms with Crippen molar-refractivity contribution in [1.82, 2.24) is 4.98 Å². The first kappa shape index (κ1) is 10.8. The van der Waals surface area contributed by atoms with Crippen LogP contribution in [0.15, 0.2) is 42.6 Å². The fraction of sp³-hybridized carbons (Fsp3) is 0.214. The molecular formula is C14H16N2. The van der Waals surface area contributed by atoms with Crippen LogP contribution in [0.4, 0.5) is 0 Å². The summed E-state index contributed by atoms with van der Waals surface area (Å²) in [4.78, 5) is 4.44. The second-order valence-corrected chi connectivity index (χ2v) is 3.92. The summed E-state index contributed by atoms with van der Waals surface area (Å²) in [6.07, 6.45) is 2.70. The highest BCUT2D eigenvalue weighted by Gasteiger charge is 2.04. The molecule has 0 spiro atoms. The highest BCUT2D eigenvalue weighted by atomic mass is 14.7. The van der Waals surface area contributed by atoms with Crippen LogP contribution in [-0.4, -0.2) is 11.5 Å². The average Bonchev–Trinajstić information content (AvgIpc) is 2.32. The van der Waals surface area contributed by atoms with Crippen molar-refractivity contribution >= 4 is 0 Å². The monoisotopic (exact) mass is 212 g/mol. The molecule has 2 heteroatoms. The summed E-state index contributed by atoms with van der Waals surface area (Å²) in [5, 5.41) is 0. The topological polar surface area (TPSA) is 38.9 Å². The number of hydrogen-bond donors (Lipinski definition) is 1. The lowest BCUT2D eigenvalue weighted by Crippen LogP contribution is -2.04. The van der Waals surface area contributed by atoms with Gasteiger partial charge >= 0.3 is 0 Å². The zero-order chi connectivity index (χ0) is 11.4. The molecule has 1 heterocycles. The molecule has 0 aliphatic carbocycles. The van der Waals surface area contributed by atoms with Crippen molar-refractivity contribution in [2.24, 2.45) is 5.73 Å². The van der Waals surface area contributed by atoms with Gasteiger partial charge in [0.1, 0.15) is 0 Å². The van der Waals surface area contributed by atoms with Gasteiger partial charge in [-0.05, 0) is 31.5 Å². The van der Waals surface area contributed by atoms with Gasteiger partial charge in [0.15, 0.2) is 0 Å². The maximum absolute atomic E-state index is 5.60. The first-order chi connectivity index (χ1) is 7.81. The SMILES string of the molecule is Cc1ccc(-c2ncccc2CCN)cc1. The van der Waals surface area contributed by atoms with Crippen molar-refractivity contribution in [2.75, 3.05) is 6.54 Å². The highest BCUT2D eigenvalue weighted by molar-refractivity contribution is 5.63. The van der Waals surface area contributed by atoms with Gasteiger partial charge in [-0.1, -0.05) is 35.9 Å². The molecular weight excluding hydrogens is 196 g/mol. The summed E-state index contributed by atoms with van der Waals surface area (Å²) < 4.78 is 0. The molecule has 2 aromatic rings. The summed E-state index contributed by atoms with van der Waals surface area (Å²) in [6, 6.07) is 12.5. The summed E-state index contributed by atoms with van der Waals surface area (Å²) in [5.41, 5.74) is 10.3. The molecule has 82 valence electrons. The first-order valence-electron chi connectivity index (χ1n) is 5.52. The second-order valence-electron chi connectivity index (χ2n) is 3.92. The minimum atomic E-state index is 0.657. The molecule has 0 fully saturated rings. The highest BCUT2D eigenvalue weighted by Crippen LogP contribution is 2.21. The van der Waals surface area contributed by atoms with Crippen LogP contribution >= 0.6 is 0 Å². The Balaban J connectivity index is 2.42. The van der Waals surface area contributed by atoms with Crippen LogP contribution in [0, 0.1) is 6.92 Å². The Morgan fingerprint density at radius 2 is 1.88 bits per heavy atom. The van der Waals surface area contributed by atoms with Gasteiger partial charge in [0.2, 0.25) is 0 Å². The van der Waals surface area contributed by atoms with E-state index in [1.807, 2.05) is 12.3 Å². The molecule has 0 amide bonds. The lowest BCUT2D eigenvalue weighted by Gasteiger charge is -2.07. The van der Waals surface area contributed by atoms with Crippen molar-refractivity contribution < 1.29 is 0 Å². The molecule has 0 atom stereocenters. The van der Waals surface area contributed by atoms with Gasteiger partial charge in [0.05, 0.1) is 5.69 Å². The van der Waals surface area contributed by atoms with Gasteiger partial charge in [-0.3, -0.25) is 4.98 Å². The Bertz CT molecular complexity index is 460. The minimum absolute atomic E-state index is 0.657. The van der Waals surface area contributed by atoms with Gasteiger partial charge in [0.25, 0.3) is 0 Å². The molecule has 0 saturated carbocycles. The molecule has 0 bridgehead atoms. The normalized spacial score (nSPS) is 10.4. The number of benzene rings is 1. The number of pyridine rings is 1. The van der Waals surface area contributed by atoms with Crippen LogP contribution in [0.3, 0.4) is 0 Å². The van der Waals surface area contributed by atoms with Crippen LogP contribution in [0.1, 0.15) is 11.1 Å². The fourth-order valence-electron chi connectivity index (χ4n) is 1.77. The van der Waals surface area contributed by atoms with Crippen molar-refractivity contribution in [3.63, 3.8) is 0 Å². The number of nitrogens with zero attached hydrogens (tertiary/aromatic N) is 1. The summed E-state index contributed by atoms with van der Waals surface area (Å²) in [5.74, 6) is 0. The maximum atomic E-state index is 5.60. The van der Waals surface area contributed by atoms with Crippen LogP contribution in [0.25, 0.3) is 11.3 Å². The van der Waals surface area contributed by atoms with E-state index in [4.69, 9.17) is 5.73 Å². The minimum Gasteiger partial charge on any atom is -0.330 e. The number of hydrogen-bond acceptors (Lipinski definition) is 2. The van der Waals surface area contributed by atoms with E-state index in [1.165, 1.54) is 11.1 Å². The van der Waals surface area contributed by atoms with Crippen molar-refractivity contribution in [3.05, 3.63) is 53.7 Å². The number of rotatable bonds is 3. The Morgan fingerprint density at radius 3 is 2.56 bits per heavy atom. The van der Waals surface area contributed by atoms with E-state index in [1.54, 1.807) is 0 Å². The lowest BCUT2D eigenvalue weighted by atomic mass is 10.0. The Labute approximate surface area is 96.1 Å². The summed E-state index contributed by atoms with van der Waals surface area (Å²) in [6.45, 7) is 2.74. The molecule has 0 saturated heterocycles. The zero-order valence-electron chi connectivity index (χ0n) is 9.48. The quantitative estimate of drug-likeness (QED) is 0.849. The van der Waals surface area contributed by atoms with Gasteiger partial charge in [-0.15, -0.1) is 0 Å². The van der Waals surface area contributed by atoms with E-state index >= 15 is 0 Å². The number of aromatic nitrogens is 1. The van der Waals surface area contributed by atoms with Gasteiger partial charge < -0.3 is 5.73 Å². The van der Waals surface area contributed by atoms with Crippen LogP contribution in [-0.2, 0) is 6.42 Å².